The summed E-state index contributed by atoms with van der Waals surface area (Å²) in [4.78, 5) is 0. The topological polar surface area (TPSA) is 20.2 Å². The summed E-state index contributed by atoms with van der Waals surface area (Å²) in [5, 5.41) is 11.3. The summed E-state index contributed by atoms with van der Waals surface area (Å²) in [6, 6.07) is 10.5. The summed E-state index contributed by atoms with van der Waals surface area (Å²) in [7, 11) is 0. The van der Waals surface area contributed by atoms with E-state index in [2.05, 4.69) is 44.2 Å². The Morgan fingerprint density at radius 3 is 2.41 bits per heavy atom. The lowest BCUT2D eigenvalue weighted by Gasteiger charge is -2.60. The number of aliphatic hydroxyl groups excluding tert-OH is 1. The highest BCUT2D eigenvalue weighted by atomic mass is 16.3. The normalized spacial score (nSPS) is 47.6. The van der Waals surface area contributed by atoms with Crippen molar-refractivity contribution >= 4 is 0 Å². The average molecular weight is 367 g/mol. The van der Waals surface area contributed by atoms with Crippen LogP contribution >= 0.6 is 0 Å². The Hall–Kier alpha value is -0.820. The summed E-state index contributed by atoms with van der Waals surface area (Å²) in [6.07, 6.45) is 13.9. The molecule has 0 spiro atoms. The quantitative estimate of drug-likeness (QED) is 0.612. The van der Waals surface area contributed by atoms with Crippen LogP contribution in [0.1, 0.15) is 89.7 Å². The number of fused-ring (bicyclic) bond motifs is 5. The van der Waals surface area contributed by atoms with E-state index in [0.29, 0.717) is 16.7 Å². The van der Waals surface area contributed by atoms with Crippen LogP contribution in [0.25, 0.3) is 0 Å². The molecule has 1 heteroatoms. The van der Waals surface area contributed by atoms with Gasteiger partial charge in [-0.2, -0.15) is 0 Å². The molecule has 27 heavy (non-hydrogen) atoms. The highest BCUT2D eigenvalue weighted by Gasteiger charge is 2.60. The third kappa shape index (κ3) is 2.67. The largest absolute Gasteiger partial charge is 0.388 e. The average Bonchev–Trinajstić information content (AvgIpc) is 3.05. The minimum atomic E-state index is -0.278. The Labute approximate surface area is 166 Å². The maximum atomic E-state index is 11.3. The van der Waals surface area contributed by atoms with Gasteiger partial charge in [-0.3, -0.25) is 0 Å². The van der Waals surface area contributed by atoms with Crippen molar-refractivity contribution in [3.63, 3.8) is 0 Å². The molecule has 0 aromatic heterocycles. The van der Waals surface area contributed by atoms with Crippen LogP contribution in [0.3, 0.4) is 0 Å². The highest BCUT2D eigenvalue weighted by molar-refractivity contribution is 5.20. The Kier molecular flexibility index (Phi) is 4.46. The van der Waals surface area contributed by atoms with Gasteiger partial charge in [-0.1, -0.05) is 57.0 Å². The second-order valence-electron chi connectivity index (χ2n) is 11.0. The molecule has 4 saturated carbocycles. The summed E-state index contributed by atoms with van der Waals surface area (Å²) < 4.78 is 0. The molecule has 1 aromatic rings. The first-order valence-corrected chi connectivity index (χ1v) is 11.8. The Balaban J connectivity index is 1.41. The zero-order valence-corrected chi connectivity index (χ0v) is 17.4. The zero-order chi connectivity index (χ0) is 18.6. The molecule has 0 amide bonds. The minimum absolute atomic E-state index is 0.278. The SMILES string of the molecule is C[C@]12CCCCC1CC[C@@H]1[C@H]2CC[C@]2(C)C(C(O)c3ccccc3)CC[C@@H]12. The van der Waals surface area contributed by atoms with E-state index < -0.39 is 0 Å². The fourth-order valence-corrected chi connectivity index (χ4v) is 8.74. The molecule has 8 atom stereocenters. The Morgan fingerprint density at radius 2 is 1.59 bits per heavy atom. The van der Waals surface area contributed by atoms with Crippen LogP contribution < -0.4 is 0 Å². The van der Waals surface area contributed by atoms with Crippen molar-refractivity contribution in [1.82, 2.24) is 0 Å². The predicted molar refractivity (Wildman–Crippen MR) is 111 cm³/mol. The van der Waals surface area contributed by atoms with Gasteiger partial charge in [0.15, 0.2) is 0 Å². The van der Waals surface area contributed by atoms with E-state index in [1.807, 2.05) is 0 Å². The summed E-state index contributed by atoms with van der Waals surface area (Å²) in [5.74, 6) is 4.18. The molecule has 0 radical (unpaired) electrons. The molecule has 4 fully saturated rings. The third-order valence-electron chi connectivity index (χ3n) is 10.2. The van der Waals surface area contributed by atoms with Gasteiger partial charge < -0.3 is 5.11 Å². The molecular weight excluding hydrogens is 328 g/mol. The zero-order valence-electron chi connectivity index (χ0n) is 17.4. The first kappa shape index (κ1) is 18.2. The van der Waals surface area contributed by atoms with E-state index in [-0.39, 0.29) is 6.10 Å². The molecule has 5 rings (SSSR count). The monoisotopic (exact) mass is 366 g/mol. The van der Waals surface area contributed by atoms with Crippen molar-refractivity contribution in [2.24, 2.45) is 40.4 Å². The van der Waals surface area contributed by atoms with E-state index in [0.717, 1.165) is 29.2 Å². The van der Waals surface area contributed by atoms with Gasteiger partial charge in [0.2, 0.25) is 0 Å². The first-order chi connectivity index (χ1) is 13.0. The number of hydrogen-bond donors (Lipinski definition) is 1. The number of rotatable bonds is 2. The summed E-state index contributed by atoms with van der Waals surface area (Å²) in [6.45, 7) is 5.22. The molecule has 1 aromatic carbocycles. The van der Waals surface area contributed by atoms with Gasteiger partial charge in [-0.05, 0) is 97.3 Å². The van der Waals surface area contributed by atoms with Crippen LogP contribution in [0, 0.1) is 40.4 Å². The molecule has 0 bridgehead atoms. The maximum absolute atomic E-state index is 11.3. The lowest BCUT2D eigenvalue weighted by molar-refractivity contribution is -0.120. The van der Waals surface area contributed by atoms with Crippen LogP contribution in [-0.2, 0) is 0 Å². The van der Waals surface area contributed by atoms with Crippen molar-refractivity contribution in [2.75, 3.05) is 0 Å². The van der Waals surface area contributed by atoms with Gasteiger partial charge in [-0.15, -0.1) is 0 Å². The Morgan fingerprint density at radius 1 is 0.815 bits per heavy atom. The molecule has 3 unspecified atom stereocenters. The Bertz CT molecular complexity index is 668. The molecule has 4 aliphatic carbocycles. The molecule has 0 saturated heterocycles. The number of benzene rings is 1. The van der Waals surface area contributed by atoms with E-state index in [1.165, 1.54) is 64.2 Å². The molecule has 1 nitrogen and oxygen atoms in total. The van der Waals surface area contributed by atoms with Gasteiger partial charge >= 0.3 is 0 Å². The van der Waals surface area contributed by atoms with Gasteiger partial charge in [-0.25, -0.2) is 0 Å². The van der Waals surface area contributed by atoms with E-state index in [1.54, 1.807) is 0 Å². The second kappa shape index (κ2) is 6.61. The standard InChI is InChI=1S/C26H38O/c1-25-16-7-6-10-19(25)11-12-20-21-13-14-23(26(21,2)17-15-22(20)25)24(27)18-8-4-3-5-9-18/h3-5,8-9,19-24,27H,6-7,10-17H2,1-2H3/t19?,20-,21-,22+,23?,24?,25-,26-/m0/s1. The van der Waals surface area contributed by atoms with Gasteiger partial charge in [0, 0.05) is 0 Å². The van der Waals surface area contributed by atoms with Crippen molar-refractivity contribution in [3.8, 4) is 0 Å². The second-order valence-corrected chi connectivity index (χ2v) is 11.0. The van der Waals surface area contributed by atoms with Crippen LogP contribution in [0.5, 0.6) is 0 Å². The van der Waals surface area contributed by atoms with E-state index in [9.17, 15) is 5.11 Å². The fourth-order valence-electron chi connectivity index (χ4n) is 8.74. The van der Waals surface area contributed by atoms with Crippen LogP contribution in [0.2, 0.25) is 0 Å². The minimum Gasteiger partial charge on any atom is -0.388 e. The van der Waals surface area contributed by atoms with Crippen molar-refractivity contribution in [3.05, 3.63) is 35.9 Å². The fraction of sp³-hybridized carbons (Fsp3) is 0.769. The predicted octanol–water partition coefficient (Wildman–Crippen LogP) is 6.77. The number of aliphatic hydroxyl groups is 1. The lowest BCUT2D eigenvalue weighted by Crippen LogP contribution is -2.53. The number of hydrogen-bond acceptors (Lipinski definition) is 1. The van der Waals surface area contributed by atoms with Crippen molar-refractivity contribution in [2.45, 2.75) is 84.2 Å². The van der Waals surface area contributed by atoms with Crippen LogP contribution in [0.4, 0.5) is 0 Å². The highest BCUT2D eigenvalue weighted by Crippen LogP contribution is 2.68. The van der Waals surface area contributed by atoms with Crippen molar-refractivity contribution in [1.29, 1.82) is 0 Å². The van der Waals surface area contributed by atoms with Crippen molar-refractivity contribution < 1.29 is 5.11 Å². The van der Waals surface area contributed by atoms with Crippen LogP contribution in [0.15, 0.2) is 30.3 Å². The lowest BCUT2D eigenvalue weighted by atomic mass is 9.44. The summed E-state index contributed by atoms with van der Waals surface area (Å²) >= 11 is 0. The third-order valence-corrected chi connectivity index (χ3v) is 10.2. The first-order valence-electron chi connectivity index (χ1n) is 11.8. The molecule has 1 N–H and O–H groups in total. The van der Waals surface area contributed by atoms with Gasteiger partial charge in [0.1, 0.15) is 0 Å². The smallest absolute Gasteiger partial charge is 0.0823 e. The van der Waals surface area contributed by atoms with E-state index >= 15 is 0 Å². The molecule has 4 aliphatic rings. The van der Waals surface area contributed by atoms with E-state index in [4.69, 9.17) is 0 Å². The molecule has 148 valence electrons. The van der Waals surface area contributed by atoms with Gasteiger partial charge in [0.05, 0.1) is 6.10 Å². The van der Waals surface area contributed by atoms with Gasteiger partial charge in [0.25, 0.3) is 0 Å². The molecule has 0 aliphatic heterocycles. The van der Waals surface area contributed by atoms with Crippen LogP contribution in [-0.4, -0.2) is 5.11 Å². The maximum Gasteiger partial charge on any atom is 0.0823 e. The molecule has 0 heterocycles. The summed E-state index contributed by atoms with van der Waals surface area (Å²) in [5.41, 5.74) is 2.10. The molecular formula is C26H38O.